The molecule has 35 heavy (non-hydrogen) atoms. The molecule has 4 aromatic rings. The van der Waals surface area contributed by atoms with Gasteiger partial charge in [-0.25, -0.2) is 4.98 Å². The summed E-state index contributed by atoms with van der Waals surface area (Å²) in [5, 5.41) is 0. The van der Waals surface area contributed by atoms with Gasteiger partial charge in [0.15, 0.2) is 0 Å². The third kappa shape index (κ3) is 4.87. The standard InChI is InChI=1S/C27H25F3N4O/c28-27(29,30)20-7-6-10-22(19-20)32-15-17-33(18-16-32)26(35)14-13-25-31-23-11-4-5-12-24(23)34(25)21-8-2-1-3-9-21/h1-12,19H,13-18H2. The van der Waals surface area contributed by atoms with Crippen molar-refractivity contribution >= 4 is 22.6 Å². The van der Waals surface area contributed by atoms with Crippen molar-refractivity contribution in [3.8, 4) is 5.69 Å². The van der Waals surface area contributed by atoms with Crippen LogP contribution in [0.15, 0.2) is 78.9 Å². The average molecular weight is 479 g/mol. The van der Waals surface area contributed by atoms with Gasteiger partial charge in [0.25, 0.3) is 0 Å². The van der Waals surface area contributed by atoms with Crippen LogP contribution in [-0.2, 0) is 17.4 Å². The number of hydrogen-bond donors (Lipinski definition) is 0. The number of anilines is 1. The molecular weight excluding hydrogens is 453 g/mol. The minimum absolute atomic E-state index is 0.0281. The van der Waals surface area contributed by atoms with E-state index in [1.807, 2.05) is 59.5 Å². The van der Waals surface area contributed by atoms with Crippen LogP contribution in [0.25, 0.3) is 16.7 Å². The highest BCUT2D eigenvalue weighted by Crippen LogP contribution is 2.32. The van der Waals surface area contributed by atoms with Crippen LogP contribution in [0.3, 0.4) is 0 Å². The number of benzene rings is 3. The Bertz CT molecular complexity index is 1330. The molecule has 0 unspecified atom stereocenters. The van der Waals surface area contributed by atoms with E-state index in [0.717, 1.165) is 28.6 Å². The number of carbonyl (C=O) groups is 1. The largest absolute Gasteiger partial charge is 0.416 e. The van der Waals surface area contributed by atoms with Gasteiger partial charge in [-0.3, -0.25) is 9.36 Å². The summed E-state index contributed by atoms with van der Waals surface area (Å²) in [7, 11) is 0. The van der Waals surface area contributed by atoms with Gasteiger partial charge in [-0.2, -0.15) is 13.2 Å². The SMILES string of the molecule is O=C(CCc1nc2ccccc2n1-c1ccccc1)N1CCN(c2cccc(C(F)(F)F)c2)CC1. The van der Waals surface area contributed by atoms with Gasteiger partial charge in [0, 0.05) is 50.4 Å². The van der Waals surface area contributed by atoms with Gasteiger partial charge in [-0.1, -0.05) is 36.4 Å². The first-order valence-electron chi connectivity index (χ1n) is 11.6. The molecule has 0 N–H and O–H groups in total. The summed E-state index contributed by atoms with van der Waals surface area (Å²) in [6, 6.07) is 23.2. The molecule has 1 saturated heterocycles. The molecule has 5 rings (SSSR count). The van der Waals surface area contributed by atoms with Gasteiger partial charge in [0.05, 0.1) is 16.6 Å². The Labute approximate surface area is 201 Å². The molecule has 180 valence electrons. The Balaban J connectivity index is 1.25. The number of aryl methyl sites for hydroxylation is 1. The average Bonchev–Trinajstić information content (AvgIpc) is 3.26. The van der Waals surface area contributed by atoms with E-state index in [0.29, 0.717) is 44.7 Å². The van der Waals surface area contributed by atoms with Gasteiger partial charge in [-0.15, -0.1) is 0 Å². The highest BCUT2D eigenvalue weighted by Gasteiger charge is 2.31. The Morgan fingerprint density at radius 3 is 2.26 bits per heavy atom. The lowest BCUT2D eigenvalue weighted by atomic mass is 10.1. The molecule has 2 heterocycles. The fraction of sp³-hybridized carbons (Fsp3) is 0.259. The first-order valence-corrected chi connectivity index (χ1v) is 11.6. The number of rotatable bonds is 5. The molecule has 0 bridgehead atoms. The van der Waals surface area contributed by atoms with Gasteiger partial charge in [0.1, 0.15) is 5.82 Å². The summed E-state index contributed by atoms with van der Waals surface area (Å²) in [5.41, 5.74) is 2.75. The molecule has 1 fully saturated rings. The highest BCUT2D eigenvalue weighted by molar-refractivity contribution is 5.79. The summed E-state index contributed by atoms with van der Waals surface area (Å²) in [6.45, 7) is 1.94. The van der Waals surface area contributed by atoms with Crippen molar-refractivity contribution in [2.45, 2.75) is 19.0 Å². The molecule has 0 spiro atoms. The predicted molar refractivity (Wildman–Crippen MR) is 130 cm³/mol. The van der Waals surface area contributed by atoms with Crippen molar-refractivity contribution in [1.29, 1.82) is 0 Å². The van der Waals surface area contributed by atoms with E-state index in [9.17, 15) is 18.0 Å². The number of halogens is 3. The molecule has 3 aromatic carbocycles. The monoisotopic (exact) mass is 478 g/mol. The van der Waals surface area contributed by atoms with Crippen LogP contribution in [-0.4, -0.2) is 46.5 Å². The van der Waals surface area contributed by atoms with Crippen molar-refractivity contribution in [3.05, 3.63) is 90.3 Å². The van der Waals surface area contributed by atoms with Crippen LogP contribution in [0.5, 0.6) is 0 Å². The number of alkyl halides is 3. The first kappa shape index (κ1) is 23.0. The Hall–Kier alpha value is -3.81. The Morgan fingerprint density at radius 1 is 0.829 bits per heavy atom. The van der Waals surface area contributed by atoms with Crippen LogP contribution in [0.4, 0.5) is 18.9 Å². The number of aromatic nitrogens is 2. The summed E-state index contributed by atoms with van der Waals surface area (Å²) >= 11 is 0. The minimum Gasteiger partial charge on any atom is -0.368 e. The van der Waals surface area contributed by atoms with Crippen LogP contribution in [0.2, 0.25) is 0 Å². The topological polar surface area (TPSA) is 41.4 Å². The fourth-order valence-electron chi connectivity index (χ4n) is 4.58. The maximum absolute atomic E-state index is 13.1. The summed E-state index contributed by atoms with van der Waals surface area (Å²) in [4.78, 5) is 21.5. The zero-order valence-electron chi connectivity index (χ0n) is 19.1. The lowest BCUT2D eigenvalue weighted by Gasteiger charge is -2.36. The van der Waals surface area contributed by atoms with Crippen molar-refractivity contribution in [1.82, 2.24) is 14.5 Å². The number of nitrogens with zero attached hydrogens (tertiary/aromatic N) is 4. The van der Waals surface area contributed by atoms with E-state index in [1.54, 1.807) is 11.0 Å². The zero-order valence-corrected chi connectivity index (χ0v) is 19.1. The van der Waals surface area contributed by atoms with Crippen LogP contribution in [0.1, 0.15) is 17.8 Å². The smallest absolute Gasteiger partial charge is 0.368 e. The molecule has 5 nitrogen and oxygen atoms in total. The molecule has 8 heteroatoms. The summed E-state index contributed by atoms with van der Waals surface area (Å²) in [6.07, 6.45) is -3.56. The van der Waals surface area contributed by atoms with Crippen molar-refractivity contribution in [3.63, 3.8) is 0 Å². The number of carbonyl (C=O) groups excluding carboxylic acids is 1. The highest BCUT2D eigenvalue weighted by atomic mass is 19.4. The maximum Gasteiger partial charge on any atom is 0.416 e. The summed E-state index contributed by atoms with van der Waals surface area (Å²) < 4.78 is 41.3. The molecule has 1 aliphatic heterocycles. The molecule has 0 atom stereocenters. The van der Waals surface area contributed by atoms with Crippen LogP contribution in [0, 0.1) is 0 Å². The third-order valence-corrected chi connectivity index (χ3v) is 6.38. The number of fused-ring (bicyclic) bond motifs is 1. The molecule has 1 aliphatic rings. The maximum atomic E-state index is 13.1. The molecular formula is C27H25F3N4O. The first-order chi connectivity index (χ1) is 16.9. The van der Waals surface area contributed by atoms with E-state index in [2.05, 4.69) is 4.57 Å². The predicted octanol–water partition coefficient (Wildman–Crippen LogP) is 5.33. The van der Waals surface area contributed by atoms with Gasteiger partial charge in [0.2, 0.25) is 5.91 Å². The zero-order chi connectivity index (χ0) is 24.4. The van der Waals surface area contributed by atoms with Crippen LogP contribution < -0.4 is 4.90 Å². The number of hydrogen-bond acceptors (Lipinski definition) is 3. The van der Waals surface area contributed by atoms with Crippen molar-refractivity contribution in [2.75, 3.05) is 31.1 Å². The number of para-hydroxylation sites is 3. The van der Waals surface area contributed by atoms with Crippen molar-refractivity contribution in [2.24, 2.45) is 0 Å². The number of piperazine rings is 1. The van der Waals surface area contributed by atoms with E-state index in [1.165, 1.54) is 12.1 Å². The minimum atomic E-state index is -4.37. The fourth-order valence-corrected chi connectivity index (χ4v) is 4.58. The van der Waals surface area contributed by atoms with E-state index >= 15 is 0 Å². The Kier molecular flexibility index (Phi) is 6.19. The van der Waals surface area contributed by atoms with Crippen molar-refractivity contribution < 1.29 is 18.0 Å². The molecule has 1 aromatic heterocycles. The lowest BCUT2D eigenvalue weighted by molar-refractivity contribution is -0.137. The third-order valence-electron chi connectivity index (χ3n) is 6.38. The number of imidazole rings is 1. The second-order valence-corrected chi connectivity index (χ2v) is 8.60. The van der Waals surface area contributed by atoms with Crippen LogP contribution >= 0.6 is 0 Å². The van der Waals surface area contributed by atoms with E-state index in [4.69, 9.17) is 4.98 Å². The normalized spacial score (nSPS) is 14.5. The lowest BCUT2D eigenvalue weighted by Crippen LogP contribution is -2.48. The second-order valence-electron chi connectivity index (χ2n) is 8.60. The Morgan fingerprint density at radius 2 is 1.51 bits per heavy atom. The van der Waals surface area contributed by atoms with Gasteiger partial charge < -0.3 is 9.80 Å². The number of amides is 1. The van der Waals surface area contributed by atoms with Gasteiger partial charge >= 0.3 is 6.18 Å². The van der Waals surface area contributed by atoms with E-state index in [-0.39, 0.29) is 5.91 Å². The van der Waals surface area contributed by atoms with Gasteiger partial charge in [-0.05, 0) is 42.5 Å². The molecule has 0 radical (unpaired) electrons. The van der Waals surface area contributed by atoms with E-state index < -0.39 is 11.7 Å². The molecule has 1 amide bonds. The summed E-state index contributed by atoms with van der Waals surface area (Å²) in [5.74, 6) is 0.855. The molecule has 0 saturated carbocycles. The second kappa shape index (κ2) is 9.44. The quantitative estimate of drug-likeness (QED) is 0.390. The molecule has 0 aliphatic carbocycles.